The van der Waals surface area contributed by atoms with Crippen LogP contribution in [-0.2, 0) is 27.1 Å². The van der Waals surface area contributed by atoms with Crippen LogP contribution >= 0.6 is 7.82 Å². The number of hydrogen-bond donors (Lipinski definition) is 0. The number of rotatable bonds is 7. The Bertz CT molecular complexity index is 1570. The first kappa shape index (κ1) is 32.2. The first-order valence-electron chi connectivity index (χ1n) is 11.6. The fourth-order valence-corrected chi connectivity index (χ4v) is 4.70. The van der Waals surface area contributed by atoms with E-state index in [9.17, 15) is 23.5 Å². The molecule has 1 fully saturated rings. The molecule has 0 N–H and O–H groups in total. The first-order valence-corrected chi connectivity index (χ1v) is 13.1. The van der Waals surface area contributed by atoms with E-state index < -0.39 is 14.6 Å². The molecule has 5 rings (SSSR count). The van der Waals surface area contributed by atoms with Crippen LogP contribution in [-0.4, -0.2) is 40.4 Å². The summed E-state index contributed by atoms with van der Waals surface area (Å²) in [5.41, 5.74) is 2.98. The summed E-state index contributed by atoms with van der Waals surface area (Å²) in [5.74, 6) is -0.350. The van der Waals surface area contributed by atoms with E-state index in [1.54, 1.807) is 49.8 Å². The molecule has 4 heterocycles. The number of benzene rings is 1. The van der Waals surface area contributed by atoms with Crippen LogP contribution in [0.5, 0.6) is 0 Å². The normalized spacial score (nSPS) is 13.7. The molecule has 3 aromatic heterocycles. The third-order valence-corrected chi connectivity index (χ3v) is 6.78. The molecule has 39 heavy (non-hydrogen) atoms. The minimum absolute atomic E-state index is 0. The number of morpholine rings is 1. The Labute approximate surface area is 268 Å². The maximum Gasteiger partial charge on any atom is 1.00 e. The summed E-state index contributed by atoms with van der Waals surface area (Å²) < 4.78 is 38.3. The van der Waals surface area contributed by atoms with Crippen molar-refractivity contribution in [2.75, 3.05) is 31.2 Å². The molecule has 10 nitrogen and oxygen atoms in total. The molecule has 0 spiro atoms. The van der Waals surface area contributed by atoms with Crippen LogP contribution < -0.4 is 79.4 Å². The van der Waals surface area contributed by atoms with Gasteiger partial charge in [-0.25, -0.2) is 9.37 Å². The van der Waals surface area contributed by atoms with Crippen molar-refractivity contribution in [3.05, 3.63) is 82.3 Å². The van der Waals surface area contributed by atoms with Gasteiger partial charge in [0.2, 0.25) is 0 Å². The molecule has 0 amide bonds. The summed E-state index contributed by atoms with van der Waals surface area (Å²) in [5, 5.41) is 0.654. The number of aromatic nitrogens is 3. The molecule has 1 saturated heterocycles. The Morgan fingerprint density at radius 2 is 1.87 bits per heavy atom. The molecule has 4 aromatic rings. The van der Waals surface area contributed by atoms with Crippen molar-refractivity contribution in [3.63, 3.8) is 0 Å². The SMILES string of the molecule is Cc1cccc(Cn2ccc(-c3cn(COP(=O)([O-])[O-])c4ncc(N5CCOCC5)cc34)cc2=O)c1F.[Na+].[Na+]. The maximum absolute atomic E-state index is 14.5. The van der Waals surface area contributed by atoms with Gasteiger partial charge in [0.1, 0.15) is 18.2 Å². The second-order valence-corrected chi connectivity index (χ2v) is 9.96. The topological polar surface area (TPSA) is 125 Å². The summed E-state index contributed by atoms with van der Waals surface area (Å²) in [6.07, 6.45) is 4.84. The Morgan fingerprint density at radius 3 is 2.56 bits per heavy atom. The van der Waals surface area contributed by atoms with Crippen LogP contribution in [0.2, 0.25) is 0 Å². The molecule has 0 aliphatic carbocycles. The minimum atomic E-state index is -5.21. The van der Waals surface area contributed by atoms with Gasteiger partial charge in [0.25, 0.3) is 5.56 Å². The van der Waals surface area contributed by atoms with Gasteiger partial charge in [0.15, 0.2) is 0 Å². The van der Waals surface area contributed by atoms with Crippen LogP contribution in [0.1, 0.15) is 11.1 Å². The molecule has 0 bridgehead atoms. The molecule has 14 heteroatoms. The van der Waals surface area contributed by atoms with Crippen molar-refractivity contribution in [1.29, 1.82) is 0 Å². The number of hydrogen-bond acceptors (Lipinski definition) is 8. The third kappa shape index (κ3) is 7.49. The molecular formula is C25H24FN4Na2O6P. The summed E-state index contributed by atoms with van der Waals surface area (Å²) in [4.78, 5) is 41.8. The molecule has 0 radical (unpaired) electrons. The van der Waals surface area contributed by atoms with Gasteiger partial charge < -0.3 is 37.6 Å². The van der Waals surface area contributed by atoms with Gasteiger partial charge in [-0.2, -0.15) is 0 Å². The van der Waals surface area contributed by atoms with E-state index >= 15 is 0 Å². The average Bonchev–Trinajstić information content (AvgIpc) is 3.25. The number of fused-ring (bicyclic) bond motifs is 1. The fourth-order valence-electron chi connectivity index (χ4n) is 4.44. The summed E-state index contributed by atoms with van der Waals surface area (Å²) in [7, 11) is -5.21. The van der Waals surface area contributed by atoms with E-state index in [1.807, 2.05) is 6.07 Å². The number of ether oxygens (including phenoxy) is 1. The van der Waals surface area contributed by atoms with Gasteiger partial charge in [-0.15, -0.1) is 0 Å². The molecule has 0 unspecified atom stereocenters. The smallest absolute Gasteiger partial charge is 0.790 e. The maximum atomic E-state index is 14.5. The standard InChI is InChI=1S/C25H26FN4O6P.2Na/c1-17-3-2-4-19(24(17)26)14-29-6-5-18(11-23(29)31)22-15-30(16-36-37(32,33)34)25-21(22)12-20(13-27-25)28-7-9-35-10-8-28;;/h2-6,11-13,15H,7-10,14,16H2,1H3,(H2,32,33,34);;/q;2*+1/p-2. The van der Waals surface area contributed by atoms with Crippen molar-refractivity contribution in [2.45, 2.75) is 20.2 Å². The Morgan fingerprint density at radius 1 is 1.13 bits per heavy atom. The number of pyridine rings is 2. The zero-order valence-corrected chi connectivity index (χ0v) is 26.9. The summed E-state index contributed by atoms with van der Waals surface area (Å²) in [6, 6.07) is 10.1. The number of anilines is 1. The molecule has 1 aliphatic heterocycles. The summed E-state index contributed by atoms with van der Waals surface area (Å²) >= 11 is 0. The quantitative estimate of drug-likeness (QED) is 0.162. The Balaban J connectivity index is 0.00000210. The van der Waals surface area contributed by atoms with Crippen LogP contribution in [0.4, 0.5) is 10.1 Å². The van der Waals surface area contributed by atoms with Crippen molar-refractivity contribution < 1.29 is 87.1 Å². The number of phosphoric ester groups is 1. The predicted molar refractivity (Wildman–Crippen MR) is 131 cm³/mol. The number of nitrogens with zero attached hydrogens (tertiary/aromatic N) is 4. The van der Waals surface area contributed by atoms with Crippen molar-refractivity contribution >= 4 is 24.5 Å². The van der Waals surface area contributed by atoms with E-state index in [4.69, 9.17) is 4.74 Å². The van der Waals surface area contributed by atoms with Gasteiger partial charge in [0, 0.05) is 48.1 Å². The number of halogens is 1. The van der Waals surface area contributed by atoms with Gasteiger partial charge in [-0.3, -0.25) is 4.79 Å². The largest absolute Gasteiger partial charge is 1.00 e. The first-order chi connectivity index (χ1) is 17.7. The molecular weight excluding hydrogens is 548 g/mol. The second kappa shape index (κ2) is 13.5. The van der Waals surface area contributed by atoms with E-state index in [2.05, 4.69) is 14.4 Å². The zero-order valence-electron chi connectivity index (χ0n) is 22.0. The molecule has 0 saturated carbocycles. The van der Waals surface area contributed by atoms with E-state index in [0.717, 1.165) is 5.69 Å². The van der Waals surface area contributed by atoms with E-state index in [1.165, 1.54) is 15.2 Å². The second-order valence-electron chi connectivity index (χ2n) is 8.81. The van der Waals surface area contributed by atoms with E-state index in [0.29, 0.717) is 59.6 Å². The van der Waals surface area contributed by atoms with Gasteiger partial charge in [-0.1, -0.05) is 18.2 Å². The van der Waals surface area contributed by atoms with Crippen LogP contribution in [0.15, 0.2) is 59.8 Å². The van der Waals surface area contributed by atoms with Gasteiger partial charge >= 0.3 is 59.1 Å². The molecule has 1 aliphatic rings. The van der Waals surface area contributed by atoms with E-state index in [-0.39, 0.29) is 77.0 Å². The van der Waals surface area contributed by atoms with Crippen LogP contribution in [0.3, 0.4) is 0 Å². The van der Waals surface area contributed by atoms with Crippen LogP contribution in [0.25, 0.3) is 22.2 Å². The predicted octanol–water partition coefficient (Wildman–Crippen LogP) is -3.99. The van der Waals surface area contributed by atoms with Crippen molar-refractivity contribution in [3.8, 4) is 11.1 Å². The average molecular weight is 572 g/mol. The Hall–Kier alpha value is -1.34. The van der Waals surface area contributed by atoms with Crippen molar-refractivity contribution in [2.24, 2.45) is 0 Å². The number of aryl methyl sites for hydroxylation is 1. The molecule has 194 valence electrons. The third-order valence-electron chi connectivity index (χ3n) is 6.35. The monoisotopic (exact) mass is 572 g/mol. The Kier molecular flexibility index (Phi) is 11.2. The fraction of sp³-hybridized carbons (Fsp3) is 0.280. The zero-order chi connectivity index (χ0) is 26.2. The molecule has 1 aromatic carbocycles. The van der Waals surface area contributed by atoms with Gasteiger partial charge in [-0.05, 0) is 30.2 Å². The number of phosphoric acid groups is 1. The summed E-state index contributed by atoms with van der Waals surface area (Å²) in [6.45, 7) is 3.74. The minimum Gasteiger partial charge on any atom is -0.790 e. The molecule has 0 atom stereocenters. The van der Waals surface area contributed by atoms with Crippen LogP contribution in [0, 0.1) is 12.7 Å². The van der Waals surface area contributed by atoms with Gasteiger partial charge in [0.05, 0.1) is 39.5 Å². The van der Waals surface area contributed by atoms with Crippen molar-refractivity contribution in [1.82, 2.24) is 14.1 Å².